The minimum Gasteiger partial charge on any atom is -0.338 e. The van der Waals surface area contributed by atoms with Gasteiger partial charge in [0.2, 0.25) is 11.1 Å². The molecular formula is C14H18N6O2S. The average molecular weight is 334 g/mol. The summed E-state index contributed by atoms with van der Waals surface area (Å²) in [5.41, 5.74) is 3.03. The van der Waals surface area contributed by atoms with Gasteiger partial charge in [-0.3, -0.25) is 10.1 Å². The van der Waals surface area contributed by atoms with E-state index in [0.29, 0.717) is 11.7 Å². The van der Waals surface area contributed by atoms with Crippen LogP contribution in [-0.2, 0) is 4.79 Å². The maximum atomic E-state index is 11.7. The number of hydrogen-bond acceptors (Lipinski definition) is 6. The number of nitrogens with zero attached hydrogens (tertiary/aromatic N) is 4. The Morgan fingerprint density at radius 1 is 1.22 bits per heavy atom. The van der Waals surface area contributed by atoms with Gasteiger partial charge in [0, 0.05) is 6.54 Å². The maximum absolute atomic E-state index is 11.7. The Kier molecular flexibility index (Phi) is 5.69. The van der Waals surface area contributed by atoms with Crippen LogP contribution in [0.2, 0.25) is 0 Å². The highest BCUT2D eigenvalue weighted by Gasteiger charge is 2.13. The molecule has 0 radical (unpaired) electrons. The number of tetrazole rings is 1. The number of carbonyl (C=O) groups is 2. The molecular weight excluding hydrogens is 316 g/mol. The second-order valence-electron chi connectivity index (χ2n) is 4.92. The summed E-state index contributed by atoms with van der Waals surface area (Å²) in [6.07, 6.45) is 0. The maximum Gasteiger partial charge on any atom is 0.321 e. The van der Waals surface area contributed by atoms with E-state index >= 15 is 0 Å². The average Bonchev–Trinajstić information content (AvgIpc) is 2.92. The summed E-state index contributed by atoms with van der Waals surface area (Å²) in [7, 11) is 0. The molecule has 3 amide bonds. The number of nitrogens with one attached hydrogen (secondary N) is 2. The van der Waals surface area contributed by atoms with Crippen molar-refractivity contribution in [2.45, 2.75) is 25.9 Å². The molecule has 9 heteroatoms. The fourth-order valence-electron chi connectivity index (χ4n) is 2.00. The monoisotopic (exact) mass is 334 g/mol. The largest absolute Gasteiger partial charge is 0.338 e. The lowest BCUT2D eigenvalue weighted by atomic mass is 10.1. The van der Waals surface area contributed by atoms with Gasteiger partial charge in [0.1, 0.15) is 0 Å². The number of amides is 3. The summed E-state index contributed by atoms with van der Waals surface area (Å²) in [5.74, 6) is -0.363. The molecule has 0 aliphatic carbocycles. The zero-order chi connectivity index (χ0) is 16.8. The molecule has 23 heavy (non-hydrogen) atoms. The molecule has 0 spiro atoms. The Labute approximate surface area is 138 Å². The topological polar surface area (TPSA) is 102 Å². The third-order valence-electron chi connectivity index (χ3n) is 2.81. The van der Waals surface area contributed by atoms with E-state index in [4.69, 9.17) is 0 Å². The molecule has 8 nitrogen and oxygen atoms in total. The van der Waals surface area contributed by atoms with Crippen molar-refractivity contribution in [1.29, 1.82) is 0 Å². The standard InChI is InChI=1S/C14H18N6O2S/c1-4-15-13(22)16-12(21)8-23-14-17-18-19-20(14)11-6-9(2)5-10(3)7-11/h5-7H,4,8H2,1-3H3,(H2,15,16,21,22). The molecule has 0 saturated carbocycles. The van der Waals surface area contributed by atoms with Crippen molar-refractivity contribution < 1.29 is 9.59 Å². The molecule has 0 unspecified atom stereocenters. The van der Waals surface area contributed by atoms with Crippen molar-refractivity contribution in [1.82, 2.24) is 30.8 Å². The molecule has 122 valence electrons. The molecule has 2 aromatic rings. The van der Waals surface area contributed by atoms with Gasteiger partial charge in [-0.25, -0.2) is 4.79 Å². The van der Waals surface area contributed by atoms with E-state index in [1.165, 1.54) is 0 Å². The molecule has 2 N–H and O–H groups in total. The fraction of sp³-hybridized carbons (Fsp3) is 0.357. The third-order valence-corrected chi connectivity index (χ3v) is 3.73. The van der Waals surface area contributed by atoms with Gasteiger partial charge in [0.15, 0.2) is 0 Å². The first-order chi connectivity index (χ1) is 11.0. The summed E-state index contributed by atoms with van der Waals surface area (Å²) in [6, 6.07) is 5.47. The molecule has 1 aromatic carbocycles. The van der Waals surface area contributed by atoms with Gasteiger partial charge in [0.25, 0.3) is 0 Å². The van der Waals surface area contributed by atoms with Crippen LogP contribution in [0.25, 0.3) is 5.69 Å². The van der Waals surface area contributed by atoms with Gasteiger partial charge < -0.3 is 5.32 Å². The number of imide groups is 1. The Bertz CT molecular complexity index is 695. The molecule has 0 aliphatic heterocycles. The van der Waals surface area contributed by atoms with Gasteiger partial charge in [-0.15, -0.1) is 5.10 Å². The summed E-state index contributed by atoms with van der Waals surface area (Å²) >= 11 is 1.16. The summed E-state index contributed by atoms with van der Waals surface area (Å²) < 4.78 is 1.57. The molecule has 0 aliphatic rings. The molecule has 1 aromatic heterocycles. The molecule has 0 fully saturated rings. The van der Waals surface area contributed by atoms with E-state index in [2.05, 4.69) is 32.2 Å². The first-order valence-corrected chi connectivity index (χ1v) is 8.05. The highest BCUT2D eigenvalue weighted by Crippen LogP contribution is 2.19. The lowest BCUT2D eigenvalue weighted by Gasteiger charge is -2.07. The molecule has 2 rings (SSSR count). The zero-order valence-electron chi connectivity index (χ0n) is 13.2. The highest BCUT2D eigenvalue weighted by atomic mass is 32.2. The van der Waals surface area contributed by atoms with Crippen LogP contribution in [0.3, 0.4) is 0 Å². The molecule has 0 saturated heterocycles. The van der Waals surface area contributed by atoms with Crippen LogP contribution in [0.4, 0.5) is 4.79 Å². The second-order valence-corrected chi connectivity index (χ2v) is 5.86. The number of thioether (sulfide) groups is 1. The molecule has 0 bridgehead atoms. The summed E-state index contributed by atoms with van der Waals surface area (Å²) in [5, 5.41) is 16.8. The van der Waals surface area contributed by atoms with Gasteiger partial charge in [-0.05, 0) is 54.5 Å². The third kappa shape index (κ3) is 4.78. The fourth-order valence-corrected chi connectivity index (χ4v) is 2.69. The number of benzene rings is 1. The first-order valence-electron chi connectivity index (χ1n) is 7.07. The molecule has 0 atom stereocenters. The van der Waals surface area contributed by atoms with E-state index < -0.39 is 11.9 Å². The van der Waals surface area contributed by atoms with Crippen molar-refractivity contribution in [3.05, 3.63) is 29.3 Å². The van der Waals surface area contributed by atoms with E-state index in [-0.39, 0.29) is 5.75 Å². The number of urea groups is 1. The van der Waals surface area contributed by atoms with Crippen LogP contribution in [0.15, 0.2) is 23.4 Å². The number of aryl methyl sites for hydroxylation is 2. The van der Waals surface area contributed by atoms with E-state index in [0.717, 1.165) is 28.6 Å². The lowest BCUT2D eigenvalue weighted by Crippen LogP contribution is -2.40. The smallest absolute Gasteiger partial charge is 0.321 e. The van der Waals surface area contributed by atoms with Crippen molar-refractivity contribution in [3.8, 4) is 5.69 Å². The van der Waals surface area contributed by atoms with Crippen LogP contribution < -0.4 is 10.6 Å². The minimum atomic E-state index is -0.507. The number of carbonyl (C=O) groups excluding carboxylic acids is 2. The van der Waals surface area contributed by atoms with Crippen molar-refractivity contribution in [2.75, 3.05) is 12.3 Å². The normalized spacial score (nSPS) is 10.4. The van der Waals surface area contributed by atoms with E-state index in [9.17, 15) is 9.59 Å². The van der Waals surface area contributed by atoms with Crippen LogP contribution in [-0.4, -0.2) is 44.4 Å². The Hall–Kier alpha value is -2.42. The van der Waals surface area contributed by atoms with E-state index in [1.807, 2.05) is 26.0 Å². The van der Waals surface area contributed by atoms with Crippen molar-refractivity contribution >= 4 is 23.7 Å². The first kappa shape index (κ1) is 16.9. The van der Waals surface area contributed by atoms with Gasteiger partial charge in [0.05, 0.1) is 11.4 Å². The quantitative estimate of drug-likeness (QED) is 0.797. The van der Waals surface area contributed by atoms with E-state index in [1.54, 1.807) is 11.6 Å². The predicted molar refractivity (Wildman–Crippen MR) is 86.6 cm³/mol. The van der Waals surface area contributed by atoms with Crippen molar-refractivity contribution in [3.63, 3.8) is 0 Å². The Morgan fingerprint density at radius 2 is 1.91 bits per heavy atom. The number of hydrogen-bond donors (Lipinski definition) is 2. The van der Waals surface area contributed by atoms with Crippen LogP contribution in [0.1, 0.15) is 18.1 Å². The predicted octanol–water partition coefficient (Wildman–Crippen LogP) is 1.22. The SMILES string of the molecule is CCNC(=O)NC(=O)CSc1nnnn1-c1cc(C)cc(C)c1. The van der Waals surface area contributed by atoms with Gasteiger partial charge >= 0.3 is 6.03 Å². The Morgan fingerprint density at radius 3 is 2.57 bits per heavy atom. The van der Waals surface area contributed by atoms with Gasteiger partial charge in [-0.1, -0.05) is 17.8 Å². The van der Waals surface area contributed by atoms with Gasteiger partial charge in [-0.2, -0.15) is 4.68 Å². The zero-order valence-corrected chi connectivity index (χ0v) is 14.0. The minimum absolute atomic E-state index is 0.0440. The van der Waals surface area contributed by atoms with Crippen LogP contribution in [0, 0.1) is 13.8 Å². The number of rotatable bonds is 5. The summed E-state index contributed by atoms with van der Waals surface area (Å²) in [6.45, 7) is 6.22. The highest BCUT2D eigenvalue weighted by molar-refractivity contribution is 7.99. The lowest BCUT2D eigenvalue weighted by molar-refractivity contribution is -0.117. The van der Waals surface area contributed by atoms with Crippen molar-refractivity contribution in [2.24, 2.45) is 0 Å². The number of aromatic nitrogens is 4. The molecule has 1 heterocycles. The second kappa shape index (κ2) is 7.73. The van der Waals surface area contributed by atoms with Crippen LogP contribution in [0.5, 0.6) is 0 Å². The van der Waals surface area contributed by atoms with Crippen LogP contribution >= 0.6 is 11.8 Å². The Balaban J connectivity index is 2.04. The summed E-state index contributed by atoms with van der Waals surface area (Å²) in [4.78, 5) is 23.0.